The topological polar surface area (TPSA) is 201 Å². The largest absolute Gasteiger partial charge is 0.458 e. The first-order valence-electron chi connectivity index (χ1n) is 19.4. The highest BCUT2D eigenvalue weighted by molar-refractivity contribution is 5.98. The monoisotopic (exact) mass is 749 g/mol. The number of rotatable bonds is 9. The van der Waals surface area contributed by atoms with E-state index in [1.54, 1.807) is 37.3 Å². The highest BCUT2D eigenvalue weighted by Gasteiger charge is 2.46. The van der Waals surface area contributed by atoms with Crippen molar-refractivity contribution in [1.29, 1.82) is 0 Å². The van der Waals surface area contributed by atoms with Crippen LogP contribution in [0.1, 0.15) is 90.5 Å². The van der Waals surface area contributed by atoms with E-state index < -0.39 is 77.9 Å². The molecule has 54 heavy (non-hydrogen) atoms. The summed E-state index contributed by atoms with van der Waals surface area (Å²) in [5, 5.41) is 8.32. The van der Waals surface area contributed by atoms with Gasteiger partial charge in [-0.2, -0.15) is 0 Å². The van der Waals surface area contributed by atoms with Crippen LogP contribution >= 0.6 is 0 Å². The Bertz CT molecular complexity index is 1620. The van der Waals surface area contributed by atoms with E-state index in [1.165, 1.54) is 27.7 Å². The number of nitrogens with two attached hydrogens (primary N) is 1. The summed E-state index contributed by atoms with van der Waals surface area (Å²) in [6, 6.07) is 0.634. The van der Waals surface area contributed by atoms with Crippen LogP contribution in [0.4, 0.5) is 5.69 Å². The molecule has 294 valence electrons. The number of cyclic esters (lactones) is 1. The number of anilines is 1. The van der Waals surface area contributed by atoms with Gasteiger partial charge in [0, 0.05) is 31.7 Å². The lowest BCUT2D eigenvalue weighted by molar-refractivity contribution is -0.163. The van der Waals surface area contributed by atoms with Gasteiger partial charge in [-0.15, -0.1) is 0 Å². The number of nitrogens with one attached hydrogen (secondary N) is 3. The molecule has 0 saturated carbocycles. The molecule has 0 bridgehead atoms. The molecular weight excluding hydrogens is 694 g/mol. The lowest BCUT2D eigenvalue weighted by Gasteiger charge is -2.39. The van der Waals surface area contributed by atoms with Crippen LogP contribution in [-0.4, -0.2) is 118 Å². The van der Waals surface area contributed by atoms with E-state index in [-0.39, 0.29) is 25.4 Å². The number of hydrogen-bond acceptors (Lipinski definition) is 9. The number of nitrogens with zero attached hydrogens (tertiary/aromatic N) is 3. The zero-order valence-corrected chi connectivity index (χ0v) is 31.6. The number of amides is 6. The van der Waals surface area contributed by atoms with Gasteiger partial charge in [0.1, 0.15) is 42.4 Å². The number of allylic oxidation sites excluding steroid dienone is 1. The van der Waals surface area contributed by atoms with Crippen molar-refractivity contribution < 1.29 is 38.3 Å². The number of esters is 1. The third-order valence-electron chi connectivity index (χ3n) is 10.8. The van der Waals surface area contributed by atoms with Gasteiger partial charge in [0.15, 0.2) is 0 Å². The van der Waals surface area contributed by atoms with E-state index >= 15 is 0 Å². The van der Waals surface area contributed by atoms with Gasteiger partial charge in [0.2, 0.25) is 35.4 Å². The number of piperidine rings is 1. The molecule has 0 spiro atoms. The summed E-state index contributed by atoms with van der Waals surface area (Å²) < 4.78 is 5.89. The van der Waals surface area contributed by atoms with Crippen LogP contribution < -0.4 is 21.7 Å². The number of carbonyl (C=O) groups is 7. The molecule has 7 unspecified atom stereocenters. The zero-order valence-electron chi connectivity index (χ0n) is 31.6. The highest BCUT2D eigenvalue weighted by atomic mass is 16.5. The van der Waals surface area contributed by atoms with Gasteiger partial charge in [-0.1, -0.05) is 38.0 Å². The average Bonchev–Trinajstić information content (AvgIpc) is 3.85. The van der Waals surface area contributed by atoms with Gasteiger partial charge in [0.25, 0.3) is 0 Å². The summed E-state index contributed by atoms with van der Waals surface area (Å²) in [6.45, 7) is 5.89. The Morgan fingerprint density at radius 3 is 2.30 bits per heavy atom. The number of fused-ring (bicyclic) bond motifs is 3. The normalized spacial score (nSPS) is 27.5. The van der Waals surface area contributed by atoms with Crippen molar-refractivity contribution in [2.75, 3.05) is 25.4 Å². The fourth-order valence-corrected chi connectivity index (χ4v) is 7.88. The molecule has 4 heterocycles. The third kappa shape index (κ3) is 9.58. The van der Waals surface area contributed by atoms with Crippen LogP contribution in [-0.2, 0) is 44.7 Å². The fraction of sp³-hybridized carbons (Fsp3) is 0.615. The maximum absolute atomic E-state index is 14.6. The Balaban J connectivity index is 1.48. The minimum Gasteiger partial charge on any atom is -0.458 e. The second-order valence-electron chi connectivity index (χ2n) is 14.8. The molecule has 7 atom stereocenters. The van der Waals surface area contributed by atoms with Gasteiger partial charge >= 0.3 is 5.97 Å². The molecule has 6 amide bonds. The van der Waals surface area contributed by atoms with E-state index in [2.05, 4.69) is 16.0 Å². The van der Waals surface area contributed by atoms with Crippen LogP contribution in [0.3, 0.4) is 0 Å². The van der Waals surface area contributed by atoms with E-state index in [1.807, 2.05) is 6.92 Å². The van der Waals surface area contributed by atoms with E-state index in [0.29, 0.717) is 69.2 Å². The summed E-state index contributed by atoms with van der Waals surface area (Å²) in [5.74, 6) is -3.89. The smallest absolute Gasteiger partial charge is 0.329 e. The van der Waals surface area contributed by atoms with Crippen molar-refractivity contribution in [3.63, 3.8) is 0 Å². The van der Waals surface area contributed by atoms with Gasteiger partial charge in [0.05, 0.1) is 0 Å². The fourth-order valence-electron chi connectivity index (χ4n) is 7.88. The first-order valence-corrected chi connectivity index (χ1v) is 19.4. The Morgan fingerprint density at radius 1 is 0.907 bits per heavy atom. The molecule has 15 heteroatoms. The Morgan fingerprint density at radius 2 is 1.57 bits per heavy atom. The van der Waals surface area contributed by atoms with E-state index in [9.17, 15) is 33.6 Å². The average molecular weight is 750 g/mol. The zero-order chi connectivity index (χ0) is 38.9. The second kappa shape index (κ2) is 18.4. The van der Waals surface area contributed by atoms with E-state index in [4.69, 9.17) is 10.5 Å². The number of ether oxygens (including phenoxy) is 1. The molecule has 4 aliphatic rings. The van der Waals surface area contributed by atoms with Gasteiger partial charge in [-0.25, -0.2) is 4.79 Å². The Hall–Kier alpha value is -4.95. The van der Waals surface area contributed by atoms with Gasteiger partial charge in [-0.05, 0) is 89.0 Å². The molecular formula is C39H55N7O8. The van der Waals surface area contributed by atoms with Crippen molar-refractivity contribution in [3.8, 4) is 0 Å². The van der Waals surface area contributed by atoms with Crippen LogP contribution in [0.15, 0.2) is 36.4 Å². The minimum absolute atomic E-state index is 0.0427. The molecule has 4 aliphatic heterocycles. The maximum Gasteiger partial charge on any atom is 0.329 e. The summed E-state index contributed by atoms with van der Waals surface area (Å²) >= 11 is 0. The molecule has 4 saturated heterocycles. The maximum atomic E-state index is 14.6. The highest BCUT2D eigenvalue weighted by Crippen LogP contribution is 2.27. The molecule has 4 fully saturated rings. The molecule has 5 N–H and O–H groups in total. The van der Waals surface area contributed by atoms with Crippen molar-refractivity contribution in [2.45, 2.75) is 134 Å². The van der Waals surface area contributed by atoms with Crippen LogP contribution in [0.5, 0.6) is 0 Å². The van der Waals surface area contributed by atoms with Crippen molar-refractivity contribution in [1.82, 2.24) is 30.7 Å². The van der Waals surface area contributed by atoms with Gasteiger partial charge < -0.3 is 41.1 Å². The van der Waals surface area contributed by atoms with Crippen LogP contribution in [0.2, 0.25) is 0 Å². The van der Waals surface area contributed by atoms with Crippen molar-refractivity contribution in [3.05, 3.63) is 42.0 Å². The lowest BCUT2D eigenvalue weighted by Crippen LogP contribution is -2.63. The summed E-state index contributed by atoms with van der Waals surface area (Å²) in [5.41, 5.74) is 7.15. The number of nitrogen functional groups attached to an aromatic ring is 1. The van der Waals surface area contributed by atoms with Crippen LogP contribution in [0.25, 0.3) is 0 Å². The summed E-state index contributed by atoms with van der Waals surface area (Å²) in [6.07, 6.45) is 7.96. The molecule has 0 aliphatic carbocycles. The summed E-state index contributed by atoms with van der Waals surface area (Å²) in [4.78, 5) is 101. The van der Waals surface area contributed by atoms with E-state index in [0.717, 1.165) is 12.8 Å². The van der Waals surface area contributed by atoms with Crippen molar-refractivity contribution >= 4 is 47.1 Å². The first kappa shape index (κ1) is 40.2. The molecule has 0 radical (unpaired) electrons. The quantitative estimate of drug-likeness (QED) is 0.125. The minimum atomic E-state index is -1.45. The third-order valence-corrected chi connectivity index (χ3v) is 10.8. The first-order chi connectivity index (χ1) is 25.9. The summed E-state index contributed by atoms with van der Waals surface area (Å²) in [7, 11) is 0. The van der Waals surface area contributed by atoms with Gasteiger partial charge in [-0.3, -0.25) is 28.8 Å². The molecule has 1 aromatic rings. The number of benzene rings is 1. The Labute approximate surface area is 316 Å². The molecule has 0 aromatic heterocycles. The predicted molar refractivity (Wildman–Crippen MR) is 199 cm³/mol. The Kier molecular flexibility index (Phi) is 13.7. The van der Waals surface area contributed by atoms with Crippen LogP contribution in [0, 0.1) is 0 Å². The molecule has 15 nitrogen and oxygen atoms in total. The number of unbranched alkanes of at least 4 members (excludes halogenated alkanes) is 2. The van der Waals surface area contributed by atoms with Crippen molar-refractivity contribution in [2.24, 2.45) is 0 Å². The standard InChI is InChI=1S/C39H55N7O8/c1-4-5-6-7-18-32(47)42-28(23-26-13-10-14-27(40)22-26)34(48)43-33-25(3)54-39(53)31-17-12-21-46(31)36(50)24(2)41-35(49)29-15-8-9-19-44(29)37(51)30-16-11-20-45(30)38(33)52/h7,10,13-14,18,22,24-25,28-31,33H,4-6,8-9,11-12,15-17,19-21,23,40H2,1-3H3,(H,41,49)(H,42,47)(H,43,48). The predicted octanol–water partition coefficient (Wildman–Crippen LogP) is 1.34. The SMILES string of the molecule is CCCCC=CC(=O)NC(Cc1cccc(N)c1)C(=O)NC1C(=O)N2CCCC2C(=O)N2CCCCC2C(=O)NC(C)C(=O)N2CCCC2C(=O)OC1C. The lowest BCUT2D eigenvalue weighted by atomic mass is 9.99. The number of carbonyl (C=O) groups excluding carboxylic acids is 7. The number of hydrogen-bond donors (Lipinski definition) is 4. The molecule has 5 rings (SSSR count). The molecule has 1 aromatic carbocycles. The second-order valence-corrected chi connectivity index (χ2v) is 14.8.